The lowest BCUT2D eigenvalue weighted by Gasteiger charge is -2.57. The minimum absolute atomic E-state index is 0.0795. The Bertz CT molecular complexity index is 1760. The average molecular weight is 686 g/mol. The third-order valence-electron chi connectivity index (χ3n) is 10.00. The van der Waals surface area contributed by atoms with Crippen LogP contribution in [-0.4, -0.2) is 36.0 Å². The third kappa shape index (κ3) is 5.48. The molecule has 5 fully saturated rings. The van der Waals surface area contributed by atoms with Gasteiger partial charge in [0.25, 0.3) is 11.8 Å². The molecular weight excluding hydrogens is 652 g/mol. The fourth-order valence-electron chi connectivity index (χ4n) is 8.40. The van der Waals surface area contributed by atoms with Crippen molar-refractivity contribution in [2.24, 2.45) is 17.8 Å². The first-order chi connectivity index (χ1) is 22.1. The second kappa shape index (κ2) is 11.7. The van der Waals surface area contributed by atoms with Crippen molar-refractivity contribution in [1.82, 2.24) is 5.32 Å². The quantitative estimate of drug-likeness (QED) is 0.196. The Morgan fingerprint density at radius 3 is 2.30 bits per heavy atom. The van der Waals surface area contributed by atoms with E-state index in [-0.39, 0.29) is 23.2 Å². The first-order valence-electron chi connectivity index (χ1n) is 15.5. The summed E-state index contributed by atoms with van der Waals surface area (Å²) in [6, 6.07) is 16.7. The van der Waals surface area contributed by atoms with Crippen LogP contribution < -0.4 is 19.7 Å². The zero-order chi connectivity index (χ0) is 32.2. The van der Waals surface area contributed by atoms with E-state index in [4.69, 9.17) is 9.47 Å². The maximum atomic E-state index is 13.7. The number of nitrogens with one attached hydrogen (secondary N) is 1. The molecule has 2 N–H and O–H groups in total. The van der Waals surface area contributed by atoms with Gasteiger partial charge >= 0.3 is 12.0 Å². The molecule has 9 nitrogen and oxygen atoms in total. The first-order valence-corrected chi connectivity index (χ1v) is 16.3. The van der Waals surface area contributed by atoms with E-state index in [9.17, 15) is 24.3 Å². The van der Waals surface area contributed by atoms with Crippen LogP contribution in [0, 0.1) is 17.8 Å². The number of rotatable bonds is 8. The summed E-state index contributed by atoms with van der Waals surface area (Å²) in [6.07, 6.45) is 9.10. The van der Waals surface area contributed by atoms with Crippen molar-refractivity contribution < 1.29 is 33.8 Å². The first kappa shape index (κ1) is 30.2. The maximum Gasteiger partial charge on any atom is 0.335 e. The number of barbiturate groups is 1. The Balaban J connectivity index is 1.12. The van der Waals surface area contributed by atoms with E-state index in [0.717, 1.165) is 22.7 Å². The van der Waals surface area contributed by atoms with Crippen LogP contribution in [0.25, 0.3) is 6.08 Å². The highest BCUT2D eigenvalue weighted by Gasteiger charge is 2.51. The van der Waals surface area contributed by atoms with Gasteiger partial charge in [0.2, 0.25) is 0 Å². The molecule has 4 saturated carbocycles. The fraction of sp³-hybridized carbons (Fsp3) is 0.333. The third-order valence-corrected chi connectivity index (χ3v) is 10.6. The van der Waals surface area contributed by atoms with E-state index in [1.165, 1.54) is 69.4 Å². The van der Waals surface area contributed by atoms with E-state index in [1.807, 2.05) is 12.1 Å². The Morgan fingerprint density at radius 1 is 1.00 bits per heavy atom. The number of anilines is 1. The molecule has 1 heterocycles. The van der Waals surface area contributed by atoms with Crippen molar-refractivity contribution in [3.63, 3.8) is 0 Å². The molecule has 8 rings (SSSR count). The van der Waals surface area contributed by atoms with Crippen molar-refractivity contribution in [2.45, 2.75) is 50.5 Å². The molecule has 0 spiro atoms. The number of imide groups is 2. The topological polar surface area (TPSA) is 122 Å². The van der Waals surface area contributed by atoms with E-state index in [0.29, 0.717) is 32.8 Å². The van der Waals surface area contributed by atoms with Gasteiger partial charge in [-0.15, -0.1) is 0 Å². The molecule has 1 saturated heterocycles. The molecule has 4 amide bonds. The van der Waals surface area contributed by atoms with Crippen LogP contribution in [-0.2, 0) is 21.6 Å². The van der Waals surface area contributed by atoms with Gasteiger partial charge in [-0.25, -0.2) is 14.5 Å². The number of hydrogen-bond acceptors (Lipinski definition) is 6. The Morgan fingerprint density at radius 2 is 1.67 bits per heavy atom. The number of carboxylic acid groups (broad SMARTS) is 1. The summed E-state index contributed by atoms with van der Waals surface area (Å²) < 4.78 is 12.0. The van der Waals surface area contributed by atoms with Gasteiger partial charge in [-0.2, -0.15) is 0 Å². The predicted molar refractivity (Wildman–Crippen MR) is 174 cm³/mol. The van der Waals surface area contributed by atoms with Gasteiger partial charge < -0.3 is 14.6 Å². The van der Waals surface area contributed by atoms with Crippen LogP contribution in [0.4, 0.5) is 10.5 Å². The summed E-state index contributed by atoms with van der Waals surface area (Å²) in [4.78, 5) is 51.8. The molecule has 1 aliphatic heterocycles. The highest BCUT2D eigenvalue weighted by molar-refractivity contribution is 9.10. The minimum Gasteiger partial charge on any atom is -0.493 e. The summed E-state index contributed by atoms with van der Waals surface area (Å²) in [6.45, 7) is 0.0795. The molecule has 0 unspecified atom stereocenters. The van der Waals surface area contributed by atoms with Crippen LogP contribution in [0.3, 0.4) is 0 Å². The number of ether oxygens (including phenoxy) is 2. The number of benzene rings is 3. The minimum atomic E-state index is -1.03. The van der Waals surface area contributed by atoms with Crippen molar-refractivity contribution >= 4 is 51.5 Å². The zero-order valence-corrected chi connectivity index (χ0v) is 26.8. The van der Waals surface area contributed by atoms with E-state index in [2.05, 4.69) is 33.4 Å². The highest BCUT2D eigenvalue weighted by Crippen LogP contribution is 2.60. The summed E-state index contributed by atoms with van der Waals surface area (Å²) >= 11 is 3.49. The van der Waals surface area contributed by atoms with Gasteiger partial charge in [0.15, 0.2) is 11.5 Å². The van der Waals surface area contributed by atoms with Crippen LogP contribution >= 0.6 is 15.9 Å². The van der Waals surface area contributed by atoms with Crippen molar-refractivity contribution in [1.29, 1.82) is 0 Å². The number of carbonyl (C=O) groups is 4. The van der Waals surface area contributed by atoms with Crippen molar-refractivity contribution in [2.75, 3.05) is 12.0 Å². The molecule has 0 atom stereocenters. The van der Waals surface area contributed by atoms with E-state index < -0.39 is 23.8 Å². The Hall–Kier alpha value is -4.44. The SMILES string of the molecule is COc1cc(/C=C2\C(=O)NC(=O)N(c3ccc(C45CC6CC(CC(C6)C4)C5)cc3)C2=O)cc(Br)c1OCc1cccc(C(=O)O)c1. The van der Waals surface area contributed by atoms with Crippen molar-refractivity contribution in [3.05, 3.63) is 93.0 Å². The molecule has 3 aromatic rings. The average Bonchev–Trinajstić information content (AvgIpc) is 3.02. The fourth-order valence-corrected chi connectivity index (χ4v) is 8.97. The number of hydrogen-bond donors (Lipinski definition) is 2. The monoisotopic (exact) mass is 684 g/mol. The molecule has 4 bridgehead atoms. The molecule has 236 valence electrons. The summed E-state index contributed by atoms with van der Waals surface area (Å²) in [5, 5.41) is 11.6. The molecule has 0 radical (unpaired) electrons. The molecule has 4 aliphatic carbocycles. The number of halogens is 1. The highest BCUT2D eigenvalue weighted by atomic mass is 79.9. The molecule has 46 heavy (non-hydrogen) atoms. The number of methoxy groups -OCH3 is 1. The number of aromatic carboxylic acids is 1. The largest absolute Gasteiger partial charge is 0.493 e. The molecule has 10 heteroatoms. The lowest BCUT2D eigenvalue weighted by Crippen LogP contribution is -2.54. The smallest absolute Gasteiger partial charge is 0.335 e. The van der Waals surface area contributed by atoms with Crippen molar-refractivity contribution in [3.8, 4) is 11.5 Å². The van der Waals surface area contributed by atoms with Crippen LogP contribution in [0.1, 0.15) is 65.6 Å². The molecule has 0 aromatic heterocycles. The van der Waals surface area contributed by atoms with Crippen LogP contribution in [0.5, 0.6) is 11.5 Å². The van der Waals surface area contributed by atoms with Crippen LogP contribution in [0.2, 0.25) is 0 Å². The van der Waals surface area contributed by atoms with Gasteiger partial charge in [0.05, 0.1) is 22.8 Å². The number of urea groups is 1. The van der Waals surface area contributed by atoms with Gasteiger partial charge in [-0.1, -0.05) is 24.3 Å². The van der Waals surface area contributed by atoms with Gasteiger partial charge in [0.1, 0.15) is 12.2 Å². The van der Waals surface area contributed by atoms with Gasteiger partial charge in [-0.3, -0.25) is 14.9 Å². The summed E-state index contributed by atoms with van der Waals surface area (Å²) in [5.41, 5.74) is 2.94. The number of amides is 4. The van der Waals surface area contributed by atoms with Gasteiger partial charge in [-0.05, 0) is 137 Å². The standard InChI is InChI=1S/C36H33BrN2O7/c1-45-30-15-21(14-29(37)31(30)46-19-20-3-2-4-25(12-20)34(42)43)13-28-32(40)38-35(44)39(33(28)41)27-7-5-26(6-8-27)36-16-22-9-23(17-36)11-24(10-22)18-36/h2-8,12-15,22-24H,9-11,16-19H2,1H3,(H,42,43)(H,38,40,44)/b28-13+. The molecule has 5 aliphatic rings. The normalized spacial score (nSPS) is 26.0. The summed E-state index contributed by atoms with van der Waals surface area (Å²) in [5.74, 6) is 0.551. The summed E-state index contributed by atoms with van der Waals surface area (Å²) in [7, 11) is 1.46. The lowest BCUT2D eigenvalue weighted by molar-refractivity contribution is -0.122. The Labute approximate surface area is 274 Å². The molecule has 3 aromatic carbocycles. The van der Waals surface area contributed by atoms with Gasteiger partial charge in [0, 0.05) is 0 Å². The van der Waals surface area contributed by atoms with E-state index >= 15 is 0 Å². The zero-order valence-electron chi connectivity index (χ0n) is 25.3. The molecular formula is C36H33BrN2O7. The second-order valence-corrected chi connectivity index (χ2v) is 13.9. The number of nitrogens with zero attached hydrogens (tertiary/aromatic N) is 1. The lowest BCUT2D eigenvalue weighted by atomic mass is 9.48. The predicted octanol–water partition coefficient (Wildman–Crippen LogP) is 6.87. The second-order valence-electron chi connectivity index (χ2n) is 13.0. The maximum absolute atomic E-state index is 13.7. The Kier molecular flexibility index (Phi) is 7.71. The number of carbonyl (C=O) groups excluding carboxylic acids is 3. The van der Waals surface area contributed by atoms with Crippen LogP contribution in [0.15, 0.2) is 70.7 Å². The van der Waals surface area contributed by atoms with E-state index in [1.54, 1.807) is 24.3 Å². The number of carboxylic acids is 1.